The summed E-state index contributed by atoms with van der Waals surface area (Å²) in [6.07, 6.45) is 5.37. The second kappa shape index (κ2) is 6.11. The molecule has 16 heavy (non-hydrogen) atoms. The first-order chi connectivity index (χ1) is 7.66. The Kier molecular flexibility index (Phi) is 4.77. The summed E-state index contributed by atoms with van der Waals surface area (Å²) in [7, 11) is 1.66. The van der Waals surface area contributed by atoms with Crippen LogP contribution in [-0.2, 0) is 9.59 Å². The maximum Gasteiger partial charge on any atom is 0.311 e. The van der Waals surface area contributed by atoms with Crippen LogP contribution in [0.5, 0.6) is 0 Å². The van der Waals surface area contributed by atoms with Crippen LogP contribution in [0.25, 0.3) is 0 Å². The third-order valence-corrected chi connectivity index (χ3v) is 2.97. The standard InChI is InChI=1S/C11H17N3O2/c1-14(9-5-3-2-4-6-9)11(16)10(15)13-8-7-12/h9H,2-6,8H2,1H3,(H,13,15). The molecule has 1 aliphatic carbocycles. The number of nitrogens with one attached hydrogen (secondary N) is 1. The zero-order valence-electron chi connectivity index (χ0n) is 9.53. The van der Waals surface area contributed by atoms with Gasteiger partial charge in [-0.2, -0.15) is 5.26 Å². The smallest absolute Gasteiger partial charge is 0.311 e. The van der Waals surface area contributed by atoms with Crippen molar-refractivity contribution in [1.29, 1.82) is 5.26 Å². The van der Waals surface area contributed by atoms with E-state index in [2.05, 4.69) is 5.32 Å². The van der Waals surface area contributed by atoms with Crippen LogP contribution in [0.15, 0.2) is 0 Å². The lowest BCUT2D eigenvalue weighted by Gasteiger charge is -2.30. The number of carbonyl (C=O) groups is 2. The normalized spacial score (nSPS) is 16.2. The summed E-state index contributed by atoms with van der Waals surface area (Å²) in [4.78, 5) is 24.5. The molecular formula is C11H17N3O2. The number of likely N-dealkylation sites (N-methyl/N-ethyl adjacent to an activating group) is 1. The zero-order valence-corrected chi connectivity index (χ0v) is 9.53. The molecule has 2 amide bonds. The van der Waals surface area contributed by atoms with E-state index in [1.54, 1.807) is 13.1 Å². The van der Waals surface area contributed by atoms with Crippen molar-refractivity contribution in [1.82, 2.24) is 10.2 Å². The molecule has 1 aliphatic rings. The number of nitriles is 1. The van der Waals surface area contributed by atoms with Gasteiger partial charge in [0.1, 0.15) is 6.54 Å². The van der Waals surface area contributed by atoms with Gasteiger partial charge in [0.2, 0.25) is 0 Å². The van der Waals surface area contributed by atoms with Crippen molar-refractivity contribution in [2.24, 2.45) is 0 Å². The number of hydrogen-bond acceptors (Lipinski definition) is 3. The number of carbonyl (C=O) groups excluding carboxylic acids is 2. The van der Waals surface area contributed by atoms with E-state index in [0.717, 1.165) is 25.7 Å². The Balaban J connectivity index is 2.45. The molecule has 88 valence electrons. The Bertz CT molecular complexity index is 303. The van der Waals surface area contributed by atoms with Crippen LogP contribution in [0, 0.1) is 11.3 Å². The molecule has 0 aliphatic heterocycles. The third kappa shape index (κ3) is 3.23. The molecule has 0 unspecified atom stereocenters. The summed E-state index contributed by atoms with van der Waals surface area (Å²) >= 11 is 0. The average molecular weight is 223 g/mol. The minimum absolute atomic E-state index is 0.122. The molecule has 0 saturated heterocycles. The molecule has 1 rings (SSSR count). The number of amides is 2. The summed E-state index contributed by atoms with van der Waals surface area (Å²) < 4.78 is 0. The van der Waals surface area contributed by atoms with Crippen molar-refractivity contribution in [3.05, 3.63) is 0 Å². The first-order valence-corrected chi connectivity index (χ1v) is 5.58. The average Bonchev–Trinajstić information content (AvgIpc) is 2.35. The van der Waals surface area contributed by atoms with Gasteiger partial charge in [-0.1, -0.05) is 19.3 Å². The maximum absolute atomic E-state index is 11.7. The lowest BCUT2D eigenvalue weighted by Crippen LogP contribution is -2.46. The first kappa shape index (κ1) is 12.5. The predicted octanol–water partition coefficient (Wildman–Crippen LogP) is 0.417. The van der Waals surface area contributed by atoms with Crippen molar-refractivity contribution in [3.8, 4) is 6.07 Å². The van der Waals surface area contributed by atoms with Crippen molar-refractivity contribution < 1.29 is 9.59 Å². The second-order valence-electron chi connectivity index (χ2n) is 4.05. The summed E-state index contributed by atoms with van der Waals surface area (Å²) in [5, 5.41) is 10.6. The lowest BCUT2D eigenvalue weighted by atomic mass is 9.94. The highest BCUT2D eigenvalue weighted by Gasteiger charge is 2.26. The van der Waals surface area contributed by atoms with Gasteiger partial charge in [0.15, 0.2) is 0 Å². The van der Waals surface area contributed by atoms with E-state index in [1.807, 2.05) is 0 Å². The minimum Gasteiger partial charge on any atom is -0.335 e. The molecule has 0 radical (unpaired) electrons. The summed E-state index contributed by atoms with van der Waals surface area (Å²) in [6, 6.07) is 1.94. The van der Waals surface area contributed by atoms with E-state index >= 15 is 0 Å². The molecule has 1 fully saturated rings. The first-order valence-electron chi connectivity index (χ1n) is 5.58. The van der Waals surface area contributed by atoms with Crippen LogP contribution in [0.2, 0.25) is 0 Å². The Morgan fingerprint density at radius 2 is 2.00 bits per heavy atom. The van der Waals surface area contributed by atoms with Gasteiger partial charge in [-0.05, 0) is 12.8 Å². The molecule has 1 N–H and O–H groups in total. The fourth-order valence-corrected chi connectivity index (χ4v) is 1.99. The van der Waals surface area contributed by atoms with Crippen molar-refractivity contribution >= 4 is 11.8 Å². The number of nitrogens with zero attached hydrogens (tertiary/aromatic N) is 2. The fourth-order valence-electron chi connectivity index (χ4n) is 1.99. The van der Waals surface area contributed by atoms with Crippen LogP contribution >= 0.6 is 0 Å². The van der Waals surface area contributed by atoms with E-state index in [1.165, 1.54) is 11.3 Å². The molecule has 0 atom stereocenters. The summed E-state index contributed by atoms with van der Waals surface area (Å²) in [5.41, 5.74) is 0. The molecule has 0 spiro atoms. The van der Waals surface area contributed by atoms with E-state index in [9.17, 15) is 9.59 Å². The van der Waals surface area contributed by atoms with Gasteiger partial charge in [-0.3, -0.25) is 9.59 Å². The van der Waals surface area contributed by atoms with Crippen molar-refractivity contribution in [2.45, 2.75) is 38.1 Å². The molecule has 5 nitrogen and oxygen atoms in total. The van der Waals surface area contributed by atoms with Crippen LogP contribution in [0.1, 0.15) is 32.1 Å². The third-order valence-electron chi connectivity index (χ3n) is 2.97. The topological polar surface area (TPSA) is 73.2 Å². The van der Waals surface area contributed by atoms with E-state index in [4.69, 9.17) is 5.26 Å². The van der Waals surface area contributed by atoms with Gasteiger partial charge < -0.3 is 10.2 Å². The number of hydrogen-bond donors (Lipinski definition) is 1. The SMILES string of the molecule is CN(C(=O)C(=O)NCC#N)C1CCCCC1. The highest BCUT2D eigenvalue weighted by Crippen LogP contribution is 2.21. The van der Waals surface area contributed by atoms with Gasteiger partial charge in [-0.25, -0.2) is 0 Å². The summed E-state index contributed by atoms with van der Waals surface area (Å²) in [5.74, 6) is -1.23. The molecule has 5 heteroatoms. The van der Waals surface area contributed by atoms with E-state index in [-0.39, 0.29) is 12.6 Å². The Labute approximate surface area is 95.4 Å². The highest BCUT2D eigenvalue weighted by molar-refractivity contribution is 6.35. The Morgan fingerprint density at radius 3 is 2.56 bits per heavy atom. The maximum atomic E-state index is 11.7. The molecule has 0 heterocycles. The minimum atomic E-state index is -0.686. The highest BCUT2D eigenvalue weighted by atomic mass is 16.2. The molecule has 0 bridgehead atoms. The van der Waals surface area contributed by atoms with Gasteiger partial charge in [-0.15, -0.1) is 0 Å². The molecule has 0 aromatic carbocycles. The van der Waals surface area contributed by atoms with Gasteiger partial charge in [0, 0.05) is 13.1 Å². The monoisotopic (exact) mass is 223 g/mol. The molecule has 0 aromatic rings. The Hall–Kier alpha value is -1.57. The predicted molar refractivity (Wildman–Crippen MR) is 58.3 cm³/mol. The Morgan fingerprint density at radius 1 is 1.38 bits per heavy atom. The van der Waals surface area contributed by atoms with Crippen molar-refractivity contribution in [3.63, 3.8) is 0 Å². The van der Waals surface area contributed by atoms with Crippen molar-refractivity contribution in [2.75, 3.05) is 13.6 Å². The van der Waals surface area contributed by atoms with E-state index in [0.29, 0.717) is 0 Å². The van der Waals surface area contributed by atoms with E-state index < -0.39 is 11.8 Å². The molecule has 1 saturated carbocycles. The number of rotatable bonds is 2. The van der Waals surface area contributed by atoms with Crippen LogP contribution < -0.4 is 5.32 Å². The second-order valence-corrected chi connectivity index (χ2v) is 4.05. The zero-order chi connectivity index (χ0) is 12.0. The molecule has 0 aromatic heterocycles. The van der Waals surface area contributed by atoms with Gasteiger partial charge in [0.05, 0.1) is 6.07 Å². The fraction of sp³-hybridized carbons (Fsp3) is 0.727. The van der Waals surface area contributed by atoms with Gasteiger partial charge in [0.25, 0.3) is 0 Å². The van der Waals surface area contributed by atoms with Gasteiger partial charge >= 0.3 is 11.8 Å². The summed E-state index contributed by atoms with van der Waals surface area (Å²) in [6.45, 7) is -0.122. The largest absolute Gasteiger partial charge is 0.335 e. The quantitative estimate of drug-likeness (QED) is 0.544. The molecular weight excluding hydrogens is 206 g/mol. The van der Waals surface area contributed by atoms with Crippen LogP contribution in [0.3, 0.4) is 0 Å². The van der Waals surface area contributed by atoms with Crippen LogP contribution in [-0.4, -0.2) is 36.3 Å². The lowest BCUT2D eigenvalue weighted by molar-refractivity contribution is -0.146. The van der Waals surface area contributed by atoms with Crippen LogP contribution in [0.4, 0.5) is 0 Å².